The molecule has 3 N–H and O–H groups in total. The van der Waals surface area contributed by atoms with Gasteiger partial charge in [-0.15, -0.1) is 11.3 Å². The van der Waals surface area contributed by atoms with E-state index in [0.29, 0.717) is 5.02 Å². The van der Waals surface area contributed by atoms with Crippen LogP contribution in [0.3, 0.4) is 0 Å². The molecule has 0 spiro atoms. The van der Waals surface area contributed by atoms with Crippen LogP contribution in [0.2, 0.25) is 5.02 Å². The molecule has 0 saturated carbocycles. The second-order valence-electron chi connectivity index (χ2n) is 6.85. The number of nitrogens with one attached hydrogen (secondary N) is 1. The number of carbonyl (C=O) groups excluding carboxylic acids is 1. The van der Waals surface area contributed by atoms with Crippen molar-refractivity contribution in [1.82, 2.24) is 4.72 Å². The van der Waals surface area contributed by atoms with Crippen molar-refractivity contribution < 1.29 is 17.9 Å². The fourth-order valence-corrected chi connectivity index (χ4v) is 6.12. The maximum atomic E-state index is 12.9. The van der Waals surface area contributed by atoms with Crippen molar-refractivity contribution >= 4 is 49.0 Å². The number of carbonyl (C=O) groups is 1. The zero-order chi connectivity index (χ0) is 21.3. The smallest absolute Gasteiger partial charge is 0.252 e. The van der Waals surface area contributed by atoms with E-state index in [1.165, 1.54) is 23.5 Å². The fraction of sp³-hybridized carbons (Fsp3) is 0.250. The minimum atomic E-state index is -3.73. The van der Waals surface area contributed by atoms with Crippen molar-refractivity contribution in [3.8, 4) is 5.75 Å². The first-order valence-electron chi connectivity index (χ1n) is 8.82. The second-order valence-corrected chi connectivity index (χ2v) is 10.3. The van der Waals surface area contributed by atoms with Gasteiger partial charge in [-0.2, -0.15) is 0 Å². The van der Waals surface area contributed by atoms with Crippen LogP contribution in [0.4, 0.5) is 0 Å². The highest BCUT2D eigenvalue weighted by atomic mass is 35.5. The molecule has 1 atom stereocenters. The quantitative estimate of drug-likeness (QED) is 0.565. The molecule has 6 nitrogen and oxygen atoms in total. The largest absolute Gasteiger partial charge is 0.491 e. The average Bonchev–Trinajstić information content (AvgIpc) is 2.97. The maximum Gasteiger partial charge on any atom is 0.252 e. The van der Waals surface area contributed by atoms with E-state index in [4.69, 9.17) is 22.1 Å². The molecule has 1 aromatic heterocycles. The number of halogens is 1. The van der Waals surface area contributed by atoms with E-state index in [-0.39, 0.29) is 22.1 Å². The first kappa shape index (κ1) is 21.6. The van der Waals surface area contributed by atoms with Gasteiger partial charge in [-0.05, 0) is 56.0 Å². The van der Waals surface area contributed by atoms with Gasteiger partial charge in [0.2, 0.25) is 0 Å². The number of aryl methyl sites for hydroxylation is 2. The van der Waals surface area contributed by atoms with Gasteiger partial charge in [-0.25, -0.2) is 13.1 Å². The summed E-state index contributed by atoms with van der Waals surface area (Å²) in [7, 11) is -3.73. The molecule has 3 rings (SSSR count). The number of hydrogen-bond donors (Lipinski definition) is 2. The van der Waals surface area contributed by atoms with E-state index in [1.807, 2.05) is 25.1 Å². The summed E-state index contributed by atoms with van der Waals surface area (Å²) in [5.74, 6) is -0.423. The summed E-state index contributed by atoms with van der Waals surface area (Å²) >= 11 is 7.12. The van der Waals surface area contributed by atoms with E-state index in [9.17, 15) is 13.2 Å². The molecule has 3 aromatic rings. The van der Waals surface area contributed by atoms with Crippen molar-refractivity contribution in [2.45, 2.75) is 31.0 Å². The van der Waals surface area contributed by atoms with Gasteiger partial charge in [0.15, 0.2) is 0 Å². The molecule has 0 aliphatic heterocycles. The molecule has 0 saturated heterocycles. The van der Waals surface area contributed by atoms with Crippen LogP contribution >= 0.6 is 22.9 Å². The molecular formula is C20H21ClN2O4S2. The number of fused-ring (bicyclic) bond motifs is 1. The highest BCUT2D eigenvalue weighted by Crippen LogP contribution is 2.34. The lowest BCUT2D eigenvalue weighted by Crippen LogP contribution is -2.36. The Kier molecular flexibility index (Phi) is 6.19. The van der Waals surface area contributed by atoms with Gasteiger partial charge < -0.3 is 10.5 Å². The molecule has 0 bridgehead atoms. The van der Waals surface area contributed by atoms with Crippen LogP contribution in [0, 0.1) is 13.8 Å². The third-order valence-electron chi connectivity index (χ3n) is 4.34. The third kappa shape index (κ3) is 4.72. The third-order valence-corrected chi connectivity index (χ3v) is 8.06. The summed E-state index contributed by atoms with van der Waals surface area (Å²) in [5, 5.41) is 1.29. The number of primary amides is 1. The van der Waals surface area contributed by atoms with E-state index < -0.39 is 22.0 Å². The molecule has 0 fully saturated rings. The van der Waals surface area contributed by atoms with Gasteiger partial charge >= 0.3 is 0 Å². The summed E-state index contributed by atoms with van der Waals surface area (Å²) < 4.78 is 35.3. The molecule has 29 heavy (non-hydrogen) atoms. The van der Waals surface area contributed by atoms with E-state index in [2.05, 4.69) is 4.72 Å². The Bertz CT molecular complexity index is 1190. The predicted molar refractivity (Wildman–Crippen MR) is 117 cm³/mol. The number of hydrogen-bond acceptors (Lipinski definition) is 5. The number of nitrogens with two attached hydrogens (primary N) is 1. The molecule has 0 unspecified atom stereocenters. The monoisotopic (exact) mass is 452 g/mol. The van der Waals surface area contributed by atoms with Gasteiger partial charge in [0, 0.05) is 9.72 Å². The average molecular weight is 453 g/mol. The van der Waals surface area contributed by atoms with Crippen LogP contribution in [0.5, 0.6) is 5.75 Å². The van der Waals surface area contributed by atoms with Crippen molar-refractivity contribution in [3.05, 3.63) is 58.1 Å². The summed E-state index contributed by atoms with van der Waals surface area (Å²) in [5.41, 5.74) is 7.29. The van der Waals surface area contributed by atoms with Crippen molar-refractivity contribution in [2.75, 3.05) is 6.61 Å². The lowest BCUT2D eigenvalue weighted by molar-refractivity contribution is 0.0996. The molecule has 0 radical (unpaired) electrons. The van der Waals surface area contributed by atoms with Crippen molar-refractivity contribution in [3.63, 3.8) is 0 Å². The van der Waals surface area contributed by atoms with Crippen LogP contribution < -0.4 is 15.2 Å². The van der Waals surface area contributed by atoms with Crippen LogP contribution in [-0.2, 0) is 10.0 Å². The number of ether oxygens (including phenoxy) is 1. The van der Waals surface area contributed by atoms with Crippen LogP contribution in [0.1, 0.15) is 28.4 Å². The lowest BCUT2D eigenvalue weighted by atomic mass is 10.1. The maximum absolute atomic E-state index is 12.9. The zero-order valence-electron chi connectivity index (χ0n) is 16.2. The predicted octanol–water partition coefficient (Wildman–Crippen LogP) is 4.02. The van der Waals surface area contributed by atoms with Crippen molar-refractivity contribution in [1.29, 1.82) is 0 Å². The Hall–Kier alpha value is -2.13. The van der Waals surface area contributed by atoms with Crippen LogP contribution in [-0.4, -0.2) is 27.0 Å². The standard InChI is InChI=1S/C20H21ClN2O4S2/c1-11-4-7-18-15(8-11)13(3)20(28-18)29(25,26)23-12(2)10-27-17-6-5-14(21)9-16(17)19(22)24/h4-9,12,23H,10H2,1-3H3,(H2,22,24)/t12-/m0/s1. The normalized spacial score (nSPS) is 12.8. The molecule has 0 aliphatic carbocycles. The highest BCUT2D eigenvalue weighted by Gasteiger charge is 2.24. The van der Waals surface area contributed by atoms with E-state index in [1.54, 1.807) is 19.9 Å². The Morgan fingerprint density at radius 1 is 1.24 bits per heavy atom. The molecule has 154 valence electrons. The Labute approximate surface area is 178 Å². The van der Waals surface area contributed by atoms with Gasteiger partial charge in [0.25, 0.3) is 15.9 Å². The number of benzene rings is 2. The minimum absolute atomic E-state index is 0.0180. The number of thiophene rings is 1. The first-order chi connectivity index (χ1) is 13.6. The van der Waals surface area contributed by atoms with Gasteiger partial charge in [0.1, 0.15) is 16.6 Å². The van der Waals surface area contributed by atoms with Gasteiger partial charge in [0.05, 0.1) is 11.6 Å². The van der Waals surface area contributed by atoms with Crippen LogP contribution in [0.25, 0.3) is 10.1 Å². The molecule has 0 aliphatic rings. The van der Waals surface area contributed by atoms with Gasteiger partial charge in [-0.1, -0.05) is 29.3 Å². The first-order valence-corrected chi connectivity index (χ1v) is 11.5. The number of amides is 1. The van der Waals surface area contributed by atoms with Crippen molar-refractivity contribution in [2.24, 2.45) is 5.73 Å². The molecule has 9 heteroatoms. The second kappa shape index (κ2) is 8.31. The topological polar surface area (TPSA) is 98.5 Å². The summed E-state index contributed by atoms with van der Waals surface area (Å²) in [4.78, 5) is 11.6. The number of rotatable bonds is 7. The van der Waals surface area contributed by atoms with Gasteiger partial charge in [-0.3, -0.25) is 4.79 Å². The SMILES string of the molecule is Cc1ccc2sc(S(=O)(=O)N[C@@H](C)COc3ccc(Cl)cc3C(N)=O)c(C)c2c1. The Balaban J connectivity index is 1.76. The van der Waals surface area contributed by atoms with E-state index in [0.717, 1.165) is 21.2 Å². The highest BCUT2D eigenvalue weighted by molar-refractivity contribution is 7.91. The molecule has 2 aromatic carbocycles. The summed E-state index contributed by atoms with van der Waals surface area (Å²) in [6.07, 6.45) is 0. The summed E-state index contributed by atoms with van der Waals surface area (Å²) in [6.45, 7) is 5.48. The molecule has 1 heterocycles. The summed E-state index contributed by atoms with van der Waals surface area (Å²) in [6, 6.07) is 9.85. The number of sulfonamides is 1. The van der Waals surface area contributed by atoms with Crippen LogP contribution in [0.15, 0.2) is 40.6 Å². The molecular weight excluding hydrogens is 432 g/mol. The Morgan fingerprint density at radius 2 is 1.97 bits per heavy atom. The lowest BCUT2D eigenvalue weighted by Gasteiger charge is -2.16. The fourth-order valence-electron chi connectivity index (χ4n) is 2.96. The van der Waals surface area contributed by atoms with E-state index >= 15 is 0 Å². The minimum Gasteiger partial charge on any atom is -0.491 e. The Morgan fingerprint density at radius 3 is 2.66 bits per heavy atom. The zero-order valence-corrected chi connectivity index (χ0v) is 18.5. The molecule has 1 amide bonds.